The first-order valence-corrected chi connectivity index (χ1v) is 3.51. The van der Waals surface area contributed by atoms with E-state index >= 15 is 0 Å². The summed E-state index contributed by atoms with van der Waals surface area (Å²) in [5, 5.41) is 0. The van der Waals surface area contributed by atoms with Crippen LogP contribution in [0.4, 0.5) is 0 Å². The van der Waals surface area contributed by atoms with E-state index in [9.17, 15) is 4.79 Å². The molecule has 0 aliphatic heterocycles. The summed E-state index contributed by atoms with van der Waals surface area (Å²) in [5.74, 6) is -0.284. The van der Waals surface area contributed by atoms with E-state index in [2.05, 4.69) is 13.5 Å². The molecule has 0 amide bonds. The van der Waals surface area contributed by atoms with Gasteiger partial charge in [-0.1, -0.05) is 19.9 Å². The molecule has 0 rings (SSSR count). The van der Waals surface area contributed by atoms with Crippen molar-refractivity contribution in [1.82, 2.24) is 0 Å². The van der Waals surface area contributed by atoms with Crippen LogP contribution >= 0.6 is 0 Å². The molecule has 3 heteroatoms. The van der Waals surface area contributed by atoms with Crippen molar-refractivity contribution in [3.63, 3.8) is 0 Å². The molecule has 0 N–H and O–H groups in total. The van der Waals surface area contributed by atoms with Crippen LogP contribution in [0.1, 0.15) is 26.7 Å². The van der Waals surface area contributed by atoms with E-state index in [1.165, 1.54) is 0 Å². The van der Waals surface area contributed by atoms with E-state index in [1.807, 2.05) is 0 Å². The second-order valence-corrected chi connectivity index (χ2v) is 2.27. The van der Waals surface area contributed by atoms with Crippen molar-refractivity contribution >= 4 is 29.9 Å². The van der Waals surface area contributed by atoms with Crippen molar-refractivity contribution in [1.29, 1.82) is 0 Å². The Balaban J connectivity index is 0. The van der Waals surface area contributed by atoms with Gasteiger partial charge in [-0.05, 0) is 13.3 Å². The van der Waals surface area contributed by atoms with Crippen LogP contribution in [-0.4, -0.2) is 36.5 Å². The van der Waals surface area contributed by atoms with Gasteiger partial charge in [0, 0.05) is 5.57 Å². The molecule has 0 fully saturated rings. The molecule has 0 aliphatic carbocycles. The standard InChI is InChI=1S/C8H14O2.Sn.2H/c1-4-5-6-10-8(9)7(2)3;;;/h2,4-6H2,1,3H3;;;. The van der Waals surface area contributed by atoms with Gasteiger partial charge in [0.15, 0.2) is 0 Å². The van der Waals surface area contributed by atoms with Crippen LogP contribution < -0.4 is 0 Å². The van der Waals surface area contributed by atoms with Crippen molar-refractivity contribution in [3.8, 4) is 0 Å². The zero-order chi connectivity index (χ0) is 7.98. The van der Waals surface area contributed by atoms with Gasteiger partial charge in [0.2, 0.25) is 0 Å². The molecular formula is C8H16O2Sn. The second kappa shape index (κ2) is 8.11. The predicted octanol–water partition coefficient (Wildman–Crippen LogP) is 0.990. The number of rotatable bonds is 4. The quantitative estimate of drug-likeness (QED) is 0.327. The zero-order valence-corrected chi connectivity index (χ0v) is 11.4. The summed E-state index contributed by atoms with van der Waals surface area (Å²) >= 11 is 0. The van der Waals surface area contributed by atoms with Crippen LogP contribution in [0, 0.1) is 0 Å². The summed E-state index contributed by atoms with van der Waals surface area (Å²) in [4.78, 5) is 10.7. The molecule has 0 spiro atoms. The first-order valence-electron chi connectivity index (χ1n) is 3.51. The molecule has 0 aliphatic rings. The molecule has 0 bridgehead atoms. The van der Waals surface area contributed by atoms with Gasteiger partial charge < -0.3 is 4.74 Å². The summed E-state index contributed by atoms with van der Waals surface area (Å²) in [6.07, 6.45) is 1.97. The van der Waals surface area contributed by atoms with Crippen LogP contribution in [0.5, 0.6) is 0 Å². The Morgan fingerprint density at radius 3 is 2.45 bits per heavy atom. The minimum absolute atomic E-state index is 0. The van der Waals surface area contributed by atoms with Gasteiger partial charge in [0.25, 0.3) is 0 Å². The monoisotopic (exact) mass is 264 g/mol. The molecule has 0 saturated heterocycles. The van der Waals surface area contributed by atoms with Gasteiger partial charge in [-0.25, -0.2) is 4.79 Å². The number of hydrogen-bond acceptors (Lipinski definition) is 2. The first-order chi connectivity index (χ1) is 4.68. The maximum atomic E-state index is 10.7. The summed E-state index contributed by atoms with van der Waals surface area (Å²) in [5.41, 5.74) is 0.469. The Morgan fingerprint density at radius 2 is 2.09 bits per heavy atom. The van der Waals surface area contributed by atoms with Gasteiger partial charge in [0.05, 0.1) is 6.61 Å². The minimum atomic E-state index is -0.284. The van der Waals surface area contributed by atoms with Crippen LogP contribution in [-0.2, 0) is 9.53 Å². The van der Waals surface area contributed by atoms with Crippen molar-refractivity contribution in [2.24, 2.45) is 0 Å². The maximum absolute atomic E-state index is 10.7. The molecule has 2 nitrogen and oxygen atoms in total. The van der Waals surface area contributed by atoms with Crippen molar-refractivity contribution in [3.05, 3.63) is 12.2 Å². The molecule has 11 heavy (non-hydrogen) atoms. The average Bonchev–Trinajstić information content (AvgIpc) is 1.88. The Bertz CT molecular complexity index is 132. The van der Waals surface area contributed by atoms with Crippen LogP contribution in [0.2, 0.25) is 0 Å². The molecular weight excluding hydrogens is 247 g/mol. The van der Waals surface area contributed by atoms with Crippen molar-refractivity contribution < 1.29 is 9.53 Å². The number of carbonyl (C=O) groups is 1. The van der Waals surface area contributed by atoms with E-state index in [4.69, 9.17) is 4.74 Å². The Morgan fingerprint density at radius 1 is 1.55 bits per heavy atom. The topological polar surface area (TPSA) is 26.3 Å². The molecule has 0 heterocycles. The summed E-state index contributed by atoms with van der Waals surface area (Å²) in [6, 6.07) is 0. The fourth-order valence-corrected chi connectivity index (χ4v) is 0.432. The predicted molar refractivity (Wildman–Crippen MR) is 49.2 cm³/mol. The number of hydrogen-bond donors (Lipinski definition) is 0. The van der Waals surface area contributed by atoms with E-state index < -0.39 is 0 Å². The van der Waals surface area contributed by atoms with Crippen LogP contribution in [0.3, 0.4) is 0 Å². The zero-order valence-electron chi connectivity index (χ0n) is 7.35. The van der Waals surface area contributed by atoms with E-state index in [-0.39, 0.29) is 29.9 Å². The first kappa shape index (κ1) is 13.6. The van der Waals surface area contributed by atoms with Gasteiger partial charge >= 0.3 is 29.9 Å². The van der Waals surface area contributed by atoms with E-state index in [0.29, 0.717) is 12.2 Å². The molecule has 0 aromatic carbocycles. The third-order valence-corrected chi connectivity index (χ3v) is 1.08. The number of unbranched alkanes of at least 4 members (excludes halogenated alkanes) is 1. The van der Waals surface area contributed by atoms with Crippen molar-refractivity contribution in [2.45, 2.75) is 26.7 Å². The fraction of sp³-hybridized carbons (Fsp3) is 0.625. The number of carbonyl (C=O) groups excluding carboxylic acids is 1. The van der Waals surface area contributed by atoms with Gasteiger partial charge in [-0.2, -0.15) is 0 Å². The Labute approximate surface area is 85.0 Å². The normalized spacial score (nSPS) is 8.18. The Hall–Kier alpha value is 0.00870. The third kappa shape index (κ3) is 7.91. The summed E-state index contributed by atoms with van der Waals surface area (Å²) < 4.78 is 4.81. The van der Waals surface area contributed by atoms with Crippen LogP contribution in [0.15, 0.2) is 12.2 Å². The van der Waals surface area contributed by atoms with E-state index in [1.54, 1.807) is 6.92 Å². The molecule has 0 saturated carbocycles. The molecule has 0 unspecified atom stereocenters. The molecule has 2 radical (unpaired) electrons. The van der Waals surface area contributed by atoms with E-state index in [0.717, 1.165) is 12.8 Å². The molecule has 0 atom stereocenters. The van der Waals surface area contributed by atoms with Gasteiger partial charge in [-0.3, -0.25) is 0 Å². The van der Waals surface area contributed by atoms with Gasteiger partial charge in [0.1, 0.15) is 0 Å². The Kier molecular flexibility index (Phi) is 10.0. The fourth-order valence-electron chi connectivity index (χ4n) is 0.432. The van der Waals surface area contributed by atoms with Gasteiger partial charge in [-0.15, -0.1) is 0 Å². The summed E-state index contributed by atoms with van der Waals surface area (Å²) in [7, 11) is 0. The molecule has 64 valence electrons. The van der Waals surface area contributed by atoms with Crippen molar-refractivity contribution in [2.75, 3.05) is 6.61 Å². The molecule has 0 aromatic rings. The average molecular weight is 263 g/mol. The van der Waals surface area contributed by atoms with Crippen LogP contribution in [0.25, 0.3) is 0 Å². The number of ether oxygens (including phenoxy) is 1. The number of esters is 1. The second-order valence-electron chi connectivity index (χ2n) is 2.27. The SMILES string of the molecule is C=C(C)C(=O)OCCCC.[SnH2]. The molecule has 0 aromatic heterocycles. The summed E-state index contributed by atoms with van der Waals surface area (Å²) in [6.45, 7) is 7.67. The third-order valence-electron chi connectivity index (χ3n) is 1.08.